The van der Waals surface area contributed by atoms with Crippen LogP contribution in [0.4, 0.5) is 4.39 Å². The standard InChI is InChI=1S/C19H23ClFNO3/c1-13(19(24)22-11-10-14-6-3-2-4-7-14)25-18(23)12-15-16(20)8-5-9-17(15)21/h5-6,8-9,13H,2-4,7,10-12H2,1H3,(H,22,24). The molecule has 1 aromatic carbocycles. The van der Waals surface area contributed by atoms with Gasteiger partial charge in [0.1, 0.15) is 5.82 Å². The van der Waals surface area contributed by atoms with E-state index in [1.807, 2.05) is 0 Å². The van der Waals surface area contributed by atoms with E-state index < -0.39 is 17.9 Å². The van der Waals surface area contributed by atoms with Crippen LogP contribution in [0.15, 0.2) is 29.8 Å². The van der Waals surface area contributed by atoms with Crippen molar-refractivity contribution in [2.45, 2.75) is 51.6 Å². The molecule has 0 saturated heterocycles. The smallest absolute Gasteiger partial charge is 0.311 e. The fourth-order valence-corrected chi connectivity index (χ4v) is 2.99. The van der Waals surface area contributed by atoms with Crippen molar-refractivity contribution in [2.24, 2.45) is 0 Å². The summed E-state index contributed by atoms with van der Waals surface area (Å²) in [6.45, 7) is 2.02. The Labute approximate surface area is 152 Å². The van der Waals surface area contributed by atoms with Crippen LogP contribution < -0.4 is 5.32 Å². The molecular weight excluding hydrogens is 345 g/mol. The number of esters is 1. The van der Waals surface area contributed by atoms with Crippen LogP contribution in [0.1, 0.15) is 44.6 Å². The molecular formula is C19H23ClFNO3. The Bertz CT molecular complexity index is 640. The molecule has 0 radical (unpaired) electrons. The first kappa shape index (κ1) is 19.4. The molecule has 1 amide bonds. The molecule has 2 rings (SSSR count). The van der Waals surface area contributed by atoms with Gasteiger partial charge in [0, 0.05) is 17.1 Å². The maximum absolute atomic E-state index is 13.7. The lowest BCUT2D eigenvalue weighted by Crippen LogP contribution is -2.36. The molecule has 1 aliphatic carbocycles. The lowest BCUT2D eigenvalue weighted by molar-refractivity contribution is -0.154. The van der Waals surface area contributed by atoms with Gasteiger partial charge in [-0.05, 0) is 51.2 Å². The van der Waals surface area contributed by atoms with Gasteiger partial charge in [0.15, 0.2) is 6.10 Å². The lowest BCUT2D eigenvalue weighted by atomic mass is 9.97. The van der Waals surface area contributed by atoms with E-state index in [1.54, 1.807) is 0 Å². The highest BCUT2D eigenvalue weighted by atomic mass is 35.5. The number of halogens is 2. The zero-order chi connectivity index (χ0) is 18.2. The molecule has 1 unspecified atom stereocenters. The lowest BCUT2D eigenvalue weighted by Gasteiger charge is -2.16. The maximum Gasteiger partial charge on any atom is 0.311 e. The van der Waals surface area contributed by atoms with Gasteiger partial charge in [-0.3, -0.25) is 9.59 Å². The molecule has 1 N–H and O–H groups in total. The molecule has 0 saturated carbocycles. The Morgan fingerprint density at radius 2 is 2.16 bits per heavy atom. The number of benzene rings is 1. The highest BCUT2D eigenvalue weighted by molar-refractivity contribution is 6.31. The zero-order valence-corrected chi connectivity index (χ0v) is 15.1. The average molecular weight is 368 g/mol. The summed E-state index contributed by atoms with van der Waals surface area (Å²) in [6.07, 6.45) is 6.43. The Morgan fingerprint density at radius 3 is 2.84 bits per heavy atom. The molecule has 136 valence electrons. The van der Waals surface area contributed by atoms with E-state index in [0.717, 1.165) is 19.3 Å². The average Bonchev–Trinajstić information content (AvgIpc) is 2.59. The highest BCUT2D eigenvalue weighted by Gasteiger charge is 2.20. The fraction of sp³-hybridized carbons (Fsp3) is 0.474. The number of allylic oxidation sites excluding steroid dienone is 1. The Balaban J connectivity index is 1.76. The number of ether oxygens (including phenoxy) is 1. The molecule has 0 aliphatic heterocycles. The van der Waals surface area contributed by atoms with E-state index >= 15 is 0 Å². The molecule has 1 atom stereocenters. The zero-order valence-electron chi connectivity index (χ0n) is 14.3. The summed E-state index contributed by atoms with van der Waals surface area (Å²) < 4.78 is 18.8. The largest absolute Gasteiger partial charge is 0.452 e. The second-order valence-corrected chi connectivity index (χ2v) is 6.57. The second-order valence-electron chi connectivity index (χ2n) is 6.16. The Hall–Kier alpha value is -1.88. The van der Waals surface area contributed by atoms with Crippen molar-refractivity contribution in [3.8, 4) is 0 Å². The molecule has 25 heavy (non-hydrogen) atoms. The normalized spacial score (nSPS) is 15.2. The predicted octanol–water partition coefficient (Wildman–Crippen LogP) is 3.96. The van der Waals surface area contributed by atoms with E-state index in [1.165, 1.54) is 43.5 Å². The summed E-state index contributed by atoms with van der Waals surface area (Å²) in [5.74, 6) is -1.61. The molecule has 6 heteroatoms. The van der Waals surface area contributed by atoms with Crippen molar-refractivity contribution in [1.82, 2.24) is 5.32 Å². The fourth-order valence-electron chi connectivity index (χ4n) is 2.76. The van der Waals surface area contributed by atoms with Crippen molar-refractivity contribution in [3.05, 3.63) is 46.3 Å². The number of rotatable bonds is 7. The van der Waals surface area contributed by atoms with Crippen LogP contribution in [-0.4, -0.2) is 24.5 Å². The van der Waals surface area contributed by atoms with Crippen molar-refractivity contribution in [1.29, 1.82) is 0 Å². The number of hydrogen-bond donors (Lipinski definition) is 1. The van der Waals surface area contributed by atoms with Gasteiger partial charge < -0.3 is 10.1 Å². The van der Waals surface area contributed by atoms with Gasteiger partial charge in [0.05, 0.1) is 6.42 Å². The summed E-state index contributed by atoms with van der Waals surface area (Å²) in [7, 11) is 0. The molecule has 1 aliphatic rings. The third kappa shape index (κ3) is 6.16. The van der Waals surface area contributed by atoms with Crippen molar-refractivity contribution in [3.63, 3.8) is 0 Å². The summed E-state index contributed by atoms with van der Waals surface area (Å²) >= 11 is 5.88. The Morgan fingerprint density at radius 1 is 1.36 bits per heavy atom. The molecule has 0 aromatic heterocycles. The van der Waals surface area contributed by atoms with Gasteiger partial charge in [0.25, 0.3) is 5.91 Å². The summed E-state index contributed by atoms with van der Waals surface area (Å²) in [5, 5.41) is 2.93. The van der Waals surface area contributed by atoms with E-state index in [9.17, 15) is 14.0 Å². The predicted molar refractivity (Wildman–Crippen MR) is 94.8 cm³/mol. The monoisotopic (exact) mass is 367 g/mol. The van der Waals surface area contributed by atoms with Gasteiger partial charge in [-0.2, -0.15) is 0 Å². The van der Waals surface area contributed by atoms with Crippen LogP contribution in [-0.2, 0) is 20.7 Å². The van der Waals surface area contributed by atoms with Gasteiger partial charge in [-0.1, -0.05) is 29.3 Å². The Kier molecular flexibility index (Phi) is 7.44. The van der Waals surface area contributed by atoms with Gasteiger partial charge >= 0.3 is 5.97 Å². The molecule has 0 fully saturated rings. The minimum absolute atomic E-state index is 0.0750. The van der Waals surface area contributed by atoms with Crippen LogP contribution in [0.25, 0.3) is 0 Å². The summed E-state index contributed by atoms with van der Waals surface area (Å²) in [6, 6.07) is 4.19. The van der Waals surface area contributed by atoms with Crippen molar-refractivity contribution in [2.75, 3.05) is 6.54 Å². The van der Waals surface area contributed by atoms with Crippen LogP contribution in [0.5, 0.6) is 0 Å². The van der Waals surface area contributed by atoms with Gasteiger partial charge in [0.2, 0.25) is 0 Å². The van der Waals surface area contributed by atoms with Crippen LogP contribution in [0, 0.1) is 5.82 Å². The molecule has 4 nitrogen and oxygen atoms in total. The van der Waals surface area contributed by atoms with Crippen LogP contribution in [0.2, 0.25) is 5.02 Å². The van der Waals surface area contributed by atoms with Crippen molar-refractivity contribution >= 4 is 23.5 Å². The topological polar surface area (TPSA) is 55.4 Å². The number of carbonyl (C=O) groups is 2. The van der Waals surface area contributed by atoms with E-state index in [4.69, 9.17) is 16.3 Å². The minimum atomic E-state index is -0.932. The number of carbonyl (C=O) groups excluding carboxylic acids is 2. The maximum atomic E-state index is 13.7. The van der Waals surface area contributed by atoms with Crippen LogP contribution in [0.3, 0.4) is 0 Å². The number of amides is 1. The summed E-state index contributed by atoms with van der Waals surface area (Å²) in [5.41, 5.74) is 1.44. The van der Waals surface area contributed by atoms with Gasteiger partial charge in [-0.15, -0.1) is 0 Å². The quantitative estimate of drug-likeness (QED) is 0.586. The number of hydrogen-bond acceptors (Lipinski definition) is 3. The van der Waals surface area contributed by atoms with Crippen LogP contribution >= 0.6 is 11.6 Å². The van der Waals surface area contributed by atoms with E-state index in [-0.39, 0.29) is 22.9 Å². The number of nitrogens with one attached hydrogen (secondary N) is 1. The van der Waals surface area contributed by atoms with E-state index in [2.05, 4.69) is 11.4 Å². The van der Waals surface area contributed by atoms with Gasteiger partial charge in [-0.25, -0.2) is 4.39 Å². The third-order valence-corrected chi connectivity index (χ3v) is 4.54. The highest BCUT2D eigenvalue weighted by Crippen LogP contribution is 2.20. The first-order chi connectivity index (χ1) is 12.0. The molecule has 0 heterocycles. The minimum Gasteiger partial charge on any atom is -0.452 e. The third-order valence-electron chi connectivity index (χ3n) is 4.19. The SMILES string of the molecule is CC(OC(=O)Cc1c(F)cccc1Cl)C(=O)NCCC1=CCCCC1. The summed E-state index contributed by atoms with van der Waals surface area (Å²) in [4.78, 5) is 23.9. The van der Waals surface area contributed by atoms with Crippen molar-refractivity contribution < 1.29 is 18.7 Å². The molecule has 0 bridgehead atoms. The first-order valence-electron chi connectivity index (χ1n) is 8.55. The molecule has 1 aromatic rings. The van der Waals surface area contributed by atoms with E-state index in [0.29, 0.717) is 6.54 Å². The first-order valence-corrected chi connectivity index (χ1v) is 8.93. The second kappa shape index (κ2) is 9.56. The molecule has 0 spiro atoms.